The highest BCUT2D eigenvalue weighted by atomic mass is 35.5. The topological polar surface area (TPSA) is 38.8 Å². The van der Waals surface area contributed by atoms with Gasteiger partial charge in [-0.05, 0) is 18.2 Å². The Morgan fingerprint density at radius 1 is 1.50 bits per heavy atom. The minimum atomic E-state index is -0.211. The lowest BCUT2D eigenvalue weighted by Crippen LogP contribution is -2.23. The third-order valence-corrected chi connectivity index (χ3v) is 2.50. The number of hydrogen-bond donors (Lipinski definition) is 0. The molecule has 0 unspecified atom stereocenters. The second-order valence-corrected chi connectivity index (χ2v) is 3.40. The molecule has 0 fully saturated rings. The van der Waals surface area contributed by atoms with Crippen molar-refractivity contribution in [3.8, 4) is 11.5 Å². The van der Waals surface area contributed by atoms with Crippen molar-refractivity contribution < 1.29 is 14.3 Å². The highest BCUT2D eigenvalue weighted by Gasteiger charge is 2.20. The lowest BCUT2D eigenvalue weighted by Gasteiger charge is -2.13. The molecule has 0 aromatic heterocycles. The maximum Gasteiger partial charge on any atom is 0.262 e. The summed E-state index contributed by atoms with van der Waals surface area (Å²) in [5.74, 6) is 0.888. The molecule has 1 aromatic carbocycles. The molecule has 2 rings (SSSR count). The number of fused-ring (bicyclic) bond motifs is 1. The predicted octanol–water partition coefficient (Wildman–Crippen LogP) is 2.20. The second kappa shape index (κ2) is 4.45. The van der Waals surface area contributed by atoms with Crippen molar-refractivity contribution >= 4 is 17.5 Å². The molecule has 5 heteroatoms. The molecule has 1 aliphatic heterocycles. The number of carbonyl (C=O) groups is 1. The van der Waals surface area contributed by atoms with Gasteiger partial charge in [-0.1, -0.05) is 0 Å². The fourth-order valence-corrected chi connectivity index (χ4v) is 1.59. The van der Waals surface area contributed by atoms with Gasteiger partial charge in [0.25, 0.3) is 5.91 Å². The Hall–Kier alpha value is -1.68. The van der Waals surface area contributed by atoms with Crippen LogP contribution in [0.15, 0.2) is 30.7 Å². The SMILES string of the molecule is COc1ccc2c(c1)C(=O)N(CCl)C=CO2. The van der Waals surface area contributed by atoms with Crippen molar-refractivity contribution in [1.82, 2.24) is 4.90 Å². The van der Waals surface area contributed by atoms with Gasteiger partial charge in [-0.2, -0.15) is 0 Å². The number of hydrogen-bond acceptors (Lipinski definition) is 3. The summed E-state index contributed by atoms with van der Waals surface area (Å²) >= 11 is 5.65. The number of nitrogens with zero attached hydrogens (tertiary/aromatic N) is 1. The second-order valence-electron chi connectivity index (χ2n) is 3.16. The molecule has 0 aliphatic carbocycles. The van der Waals surface area contributed by atoms with Gasteiger partial charge in [-0.15, -0.1) is 11.6 Å². The van der Waals surface area contributed by atoms with Gasteiger partial charge in [-0.3, -0.25) is 9.69 Å². The highest BCUT2D eigenvalue weighted by Crippen LogP contribution is 2.27. The molecule has 1 aromatic rings. The highest BCUT2D eigenvalue weighted by molar-refractivity contribution is 6.19. The summed E-state index contributed by atoms with van der Waals surface area (Å²) in [4.78, 5) is 13.3. The monoisotopic (exact) mass is 239 g/mol. The molecule has 84 valence electrons. The fourth-order valence-electron chi connectivity index (χ4n) is 1.40. The van der Waals surface area contributed by atoms with Crippen molar-refractivity contribution in [2.45, 2.75) is 0 Å². The van der Waals surface area contributed by atoms with E-state index in [2.05, 4.69) is 0 Å². The lowest BCUT2D eigenvalue weighted by molar-refractivity contribution is 0.0843. The van der Waals surface area contributed by atoms with E-state index in [9.17, 15) is 4.79 Å². The Labute approximate surface area is 98.0 Å². The first-order chi connectivity index (χ1) is 7.76. The van der Waals surface area contributed by atoms with Crippen LogP contribution >= 0.6 is 11.6 Å². The van der Waals surface area contributed by atoms with E-state index in [4.69, 9.17) is 21.1 Å². The molecule has 0 atom stereocenters. The van der Waals surface area contributed by atoms with Gasteiger partial charge in [0.1, 0.15) is 23.8 Å². The molecule has 0 N–H and O–H groups in total. The zero-order chi connectivity index (χ0) is 11.5. The minimum absolute atomic E-state index is 0.0787. The number of benzene rings is 1. The Kier molecular flexibility index (Phi) is 3.01. The molecule has 16 heavy (non-hydrogen) atoms. The molecule has 1 heterocycles. The minimum Gasteiger partial charge on any atom is -0.497 e. The predicted molar refractivity (Wildman–Crippen MR) is 59.7 cm³/mol. The molecular formula is C11H10ClNO3. The van der Waals surface area contributed by atoms with Gasteiger partial charge >= 0.3 is 0 Å². The van der Waals surface area contributed by atoms with E-state index in [1.54, 1.807) is 25.3 Å². The standard InChI is InChI=1S/C11H10ClNO3/c1-15-8-2-3-10-9(6-8)11(14)13(7-12)4-5-16-10/h2-6H,7H2,1H3. The van der Waals surface area contributed by atoms with E-state index in [1.807, 2.05) is 0 Å². The number of ether oxygens (including phenoxy) is 2. The van der Waals surface area contributed by atoms with E-state index in [0.29, 0.717) is 17.1 Å². The third-order valence-electron chi connectivity index (χ3n) is 2.24. The Morgan fingerprint density at radius 2 is 2.31 bits per heavy atom. The van der Waals surface area contributed by atoms with Crippen LogP contribution in [0.1, 0.15) is 10.4 Å². The quantitative estimate of drug-likeness (QED) is 0.587. The molecule has 0 saturated heterocycles. The van der Waals surface area contributed by atoms with Gasteiger partial charge in [-0.25, -0.2) is 0 Å². The summed E-state index contributed by atoms with van der Waals surface area (Å²) < 4.78 is 10.4. The summed E-state index contributed by atoms with van der Waals surface area (Å²) in [6.07, 6.45) is 2.93. The van der Waals surface area contributed by atoms with E-state index < -0.39 is 0 Å². The van der Waals surface area contributed by atoms with Gasteiger partial charge in [0.05, 0.1) is 12.7 Å². The Balaban J connectivity index is 2.46. The van der Waals surface area contributed by atoms with Crippen LogP contribution in [0.4, 0.5) is 0 Å². The molecule has 0 spiro atoms. The molecule has 0 bridgehead atoms. The molecule has 1 aliphatic rings. The van der Waals surface area contributed by atoms with Gasteiger partial charge < -0.3 is 9.47 Å². The van der Waals surface area contributed by atoms with Crippen molar-refractivity contribution in [2.75, 3.05) is 13.1 Å². The zero-order valence-corrected chi connectivity index (χ0v) is 9.40. The number of rotatable bonds is 2. The van der Waals surface area contributed by atoms with Crippen molar-refractivity contribution in [3.05, 3.63) is 36.2 Å². The molecule has 1 amide bonds. The van der Waals surface area contributed by atoms with Crippen LogP contribution < -0.4 is 9.47 Å². The average Bonchev–Trinajstić information content (AvgIpc) is 2.48. The summed E-state index contributed by atoms with van der Waals surface area (Å²) in [5.41, 5.74) is 0.435. The van der Waals surface area contributed by atoms with Crippen LogP contribution in [0, 0.1) is 0 Å². The van der Waals surface area contributed by atoms with Crippen molar-refractivity contribution in [2.24, 2.45) is 0 Å². The first-order valence-corrected chi connectivity index (χ1v) is 5.18. The lowest BCUT2D eigenvalue weighted by atomic mass is 10.1. The van der Waals surface area contributed by atoms with Gasteiger partial charge in [0, 0.05) is 6.20 Å². The fraction of sp³-hybridized carbons (Fsp3) is 0.182. The number of halogens is 1. The van der Waals surface area contributed by atoms with Crippen LogP contribution in [0.2, 0.25) is 0 Å². The number of carbonyl (C=O) groups excluding carboxylic acids is 1. The normalized spacial score (nSPS) is 14.1. The van der Waals surface area contributed by atoms with Crippen molar-refractivity contribution in [3.63, 3.8) is 0 Å². The number of methoxy groups -OCH3 is 1. The van der Waals surface area contributed by atoms with Gasteiger partial charge in [0.2, 0.25) is 0 Å². The molecule has 0 saturated carbocycles. The largest absolute Gasteiger partial charge is 0.497 e. The average molecular weight is 240 g/mol. The summed E-state index contributed by atoms with van der Waals surface area (Å²) in [7, 11) is 1.54. The third kappa shape index (κ3) is 1.84. The Bertz CT molecular complexity index is 445. The molecule has 4 nitrogen and oxygen atoms in total. The van der Waals surface area contributed by atoms with Crippen LogP contribution in [-0.2, 0) is 0 Å². The van der Waals surface area contributed by atoms with Crippen LogP contribution in [0.3, 0.4) is 0 Å². The maximum absolute atomic E-state index is 12.0. The first-order valence-electron chi connectivity index (χ1n) is 4.64. The van der Waals surface area contributed by atoms with Gasteiger partial charge in [0.15, 0.2) is 0 Å². The molecule has 0 radical (unpaired) electrons. The molecular weight excluding hydrogens is 230 g/mol. The Morgan fingerprint density at radius 3 is 3.00 bits per heavy atom. The van der Waals surface area contributed by atoms with E-state index in [-0.39, 0.29) is 11.9 Å². The van der Waals surface area contributed by atoms with Crippen LogP contribution in [0.5, 0.6) is 11.5 Å². The van der Waals surface area contributed by atoms with Crippen LogP contribution in [-0.4, -0.2) is 23.9 Å². The van der Waals surface area contributed by atoms with E-state index in [0.717, 1.165) is 0 Å². The summed E-state index contributed by atoms with van der Waals surface area (Å²) in [6.45, 7) is 0. The van der Waals surface area contributed by atoms with E-state index >= 15 is 0 Å². The smallest absolute Gasteiger partial charge is 0.262 e. The summed E-state index contributed by atoms with van der Waals surface area (Å²) in [5, 5.41) is 0. The first kappa shape index (κ1) is 10.8. The number of alkyl halides is 1. The van der Waals surface area contributed by atoms with Crippen LogP contribution in [0.25, 0.3) is 0 Å². The summed E-state index contributed by atoms with van der Waals surface area (Å²) in [6, 6.07) is 5.13. The van der Waals surface area contributed by atoms with Crippen molar-refractivity contribution in [1.29, 1.82) is 0 Å². The maximum atomic E-state index is 12.0. The number of amides is 1. The zero-order valence-electron chi connectivity index (χ0n) is 8.64. The van der Waals surface area contributed by atoms with E-state index in [1.165, 1.54) is 17.4 Å².